The van der Waals surface area contributed by atoms with Crippen LogP contribution < -0.4 is 0 Å². The van der Waals surface area contributed by atoms with Crippen LogP contribution in [0, 0.1) is 4.83 Å². The summed E-state index contributed by atoms with van der Waals surface area (Å²) in [6.07, 6.45) is 1.14. The van der Waals surface area contributed by atoms with Crippen LogP contribution in [-0.4, -0.2) is 0 Å². The standard InChI is InChI=1S/C4H8Br/c1-3-4(2)5/h3H2,1-2H3/q+1. The average molecular weight is 136 g/mol. The molecule has 0 amide bonds. The van der Waals surface area contributed by atoms with E-state index in [0.29, 0.717) is 0 Å². The van der Waals surface area contributed by atoms with Gasteiger partial charge in [0.2, 0.25) is 0 Å². The van der Waals surface area contributed by atoms with Crippen molar-refractivity contribution in [2.45, 2.75) is 20.3 Å². The zero-order valence-electron chi connectivity index (χ0n) is 3.59. The van der Waals surface area contributed by atoms with Crippen LogP contribution in [0.3, 0.4) is 0 Å². The Morgan fingerprint density at radius 2 is 2.00 bits per heavy atom. The molecule has 0 atom stereocenters. The number of halogens is 1. The van der Waals surface area contributed by atoms with Gasteiger partial charge in [0.15, 0.2) is 20.8 Å². The number of rotatable bonds is 1. The number of hydrogen-bond acceptors (Lipinski definition) is 0. The van der Waals surface area contributed by atoms with Crippen molar-refractivity contribution in [1.29, 1.82) is 0 Å². The molecule has 0 aromatic heterocycles. The van der Waals surface area contributed by atoms with Gasteiger partial charge >= 0.3 is 0 Å². The van der Waals surface area contributed by atoms with E-state index in [2.05, 4.69) is 29.8 Å². The third kappa shape index (κ3) is 4.35. The van der Waals surface area contributed by atoms with E-state index >= 15 is 0 Å². The van der Waals surface area contributed by atoms with Gasteiger partial charge in [0.25, 0.3) is 0 Å². The Labute approximate surface area is 41.7 Å². The zero-order chi connectivity index (χ0) is 4.28. The summed E-state index contributed by atoms with van der Waals surface area (Å²) in [5, 5.41) is 0. The quantitative estimate of drug-likeness (QED) is 0.485. The minimum Gasteiger partial charge on any atom is -0.0232 e. The fourth-order valence-electron chi connectivity index (χ4n) is 0. The lowest BCUT2D eigenvalue weighted by molar-refractivity contribution is 1.07. The van der Waals surface area contributed by atoms with Gasteiger partial charge in [-0.05, 0) is 6.92 Å². The zero-order valence-corrected chi connectivity index (χ0v) is 5.17. The van der Waals surface area contributed by atoms with E-state index in [1.807, 2.05) is 0 Å². The Balaban J connectivity index is 2.54. The lowest BCUT2D eigenvalue weighted by Gasteiger charge is -1.72. The van der Waals surface area contributed by atoms with Crippen molar-refractivity contribution in [1.82, 2.24) is 0 Å². The lowest BCUT2D eigenvalue weighted by Crippen LogP contribution is -1.66. The first-order valence-corrected chi connectivity index (χ1v) is 2.54. The second-order valence-electron chi connectivity index (χ2n) is 1.03. The van der Waals surface area contributed by atoms with Gasteiger partial charge in [-0.15, -0.1) is 0 Å². The van der Waals surface area contributed by atoms with E-state index < -0.39 is 0 Å². The van der Waals surface area contributed by atoms with Crippen molar-refractivity contribution in [3.05, 3.63) is 4.83 Å². The van der Waals surface area contributed by atoms with Crippen molar-refractivity contribution in [3.8, 4) is 0 Å². The average Bonchev–Trinajstić information content (AvgIpc) is 1.38. The van der Waals surface area contributed by atoms with Crippen LogP contribution in [-0.2, 0) is 0 Å². The molecule has 0 fully saturated rings. The van der Waals surface area contributed by atoms with Crippen LogP contribution in [0.1, 0.15) is 20.3 Å². The van der Waals surface area contributed by atoms with E-state index in [1.165, 1.54) is 4.83 Å². The predicted molar refractivity (Wildman–Crippen MR) is 28.1 cm³/mol. The highest BCUT2D eigenvalue weighted by molar-refractivity contribution is 9.11. The normalized spacial score (nSPS) is 7.80. The molecule has 0 bridgehead atoms. The molecule has 0 heterocycles. The topological polar surface area (TPSA) is 0 Å². The molecule has 0 aromatic carbocycles. The summed E-state index contributed by atoms with van der Waals surface area (Å²) in [6, 6.07) is 0. The highest BCUT2D eigenvalue weighted by Gasteiger charge is 1.98. The summed E-state index contributed by atoms with van der Waals surface area (Å²) in [6.45, 7) is 4.17. The molecule has 0 aliphatic heterocycles. The van der Waals surface area contributed by atoms with Crippen LogP contribution in [0.25, 0.3) is 0 Å². The van der Waals surface area contributed by atoms with Gasteiger partial charge in [-0.3, -0.25) is 0 Å². The SMILES string of the molecule is CC[C+](C)Br. The molecule has 0 rings (SSSR count). The second kappa shape index (κ2) is 2.58. The summed E-state index contributed by atoms with van der Waals surface area (Å²) in [7, 11) is 0. The van der Waals surface area contributed by atoms with Crippen LogP contribution in [0.2, 0.25) is 0 Å². The third-order valence-corrected chi connectivity index (χ3v) is 1.05. The highest BCUT2D eigenvalue weighted by Crippen LogP contribution is 2.09. The van der Waals surface area contributed by atoms with Gasteiger partial charge in [0, 0.05) is 0 Å². The summed E-state index contributed by atoms with van der Waals surface area (Å²) in [4.78, 5) is 1.32. The van der Waals surface area contributed by atoms with Crippen molar-refractivity contribution in [2.75, 3.05) is 0 Å². The molecule has 0 N–H and O–H groups in total. The molecule has 0 unspecified atom stereocenters. The molecule has 0 saturated carbocycles. The number of hydrogen-bond donors (Lipinski definition) is 0. The van der Waals surface area contributed by atoms with Gasteiger partial charge in [-0.25, -0.2) is 0 Å². The van der Waals surface area contributed by atoms with Crippen LogP contribution in [0.4, 0.5) is 0 Å². The van der Waals surface area contributed by atoms with E-state index in [0.717, 1.165) is 6.42 Å². The molecular formula is C4H8Br+. The molecule has 30 valence electrons. The van der Waals surface area contributed by atoms with Gasteiger partial charge in [-0.1, -0.05) is 0 Å². The molecule has 0 nitrogen and oxygen atoms in total. The molecule has 0 radical (unpaired) electrons. The van der Waals surface area contributed by atoms with Crippen molar-refractivity contribution in [3.63, 3.8) is 0 Å². The first-order valence-electron chi connectivity index (χ1n) is 1.75. The van der Waals surface area contributed by atoms with Gasteiger partial charge in [-0.2, -0.15) is 0 Å². The van der Waals surface area contributed by atoms with Gasteiger partial charge < -0.3 is 0 Å². The first kappa shape index (κ1) is 5.35. The maximum Gasteiger partial charge on any atom is 0.198 e. The van der Waals surface area contributed by atoms with Crippen molar-refractivity contribution < 1.29 is 0 Å². The van der Waals surface area contributed by atoms with Crippen molar-refractivity contribution in [2.24, 2.45) is 0 Å². The van der Waals surface area contributed by atoms with Crippen LogP contribution in [0.15, 0.2) is 0 Å². The van der Waals surface area contributed by atoms with E-state index in [1.54, 1.807) is 0 Å². The molecule has 5 heavy (non-hydrogen) atoms. The Morgan fingerprint density at radius 1 is 1.80 bits per heavy atom. The minimum absolute atomic E-state index is 1.14. The molecule has 0 saturated heterocycles. The maximum atomic E-state index is 3.29. The smallest absolute Gasteiger partial charge is 0.0232 e. The Morgan fingerprint density at radius 3 is 2.00 bits per heavy atom. The minimum atomic E-state index is 1.14. The molecule has 1 heteroatoms. The first-order chi connectivity index (χ1) is 2.27. The Kier molecular flexibility index (Phi) is 2.76. The highest BCUT2D eigenvalue weighted by atomic mass is 79.9. The Hall–Kier alpha value is 0.350. The lowest BCUT2D eigenvalue weighted by atomic mass is 10.4. The van der Waals surface area contributed by atoms with E-state index in [-0.39, 0.29) is 0 Å². The second-order valence-corrected chi connectivity index (χ2v) is 2.38. The van der Waals surface area contributed by atoms with Crippen molar-refractivity contribution >= 4 is 15.9 Å². The maximum absolute atomic E-state index is 3.29. The molecular weight excluding hydrogens is 128 g/mol. The fraction of sp³-hybridized carbons (Fsp3) is 0.750. The van der Waals surface area contributed by atoms with E-state index in [9.17, 15) is 0 Å². The molecule has 0 aliphatic carbocycles. The summed E-state index contributed by atoms with van der Waals surface area (Å²) in [5.41, 5.74) is 0. The Bertz CT molecular complexity index is 17.6. The predicted octanol–water partition coefficient (Wildman–Crippen LogP) is 2.34. The van der Waals surface area contributed by atoms with Gasteiger partial charge in [0.05, 0.1) is 13.3 Å². The van der Waals surface area contributed by atoms with Crippen LogP contribution in [0.5, 0.6) is 0 Å². The van der Waals surface area contributed by atoms with Gasteiger partial charge in [0.1, 0.15) is 0 Å². The van der Waals surface area contributed by atoms with E-state index in [4.69, 9.17) is 0 Å². The largest absolute Gasteiger partial charge is 0.198 e. The fourth-order valence-corrected chi connectivity index (χ4v) is 0. The monoisotopic (exact) mass is 135 g/mol. The summed E-state index contributed by atoms with van der Waals surface area (Å²) < 4.78 is 0. The molecule has 0 aliphatic rings. The molecule has 0 spiro atoms. The summed E-state index contributed by atoms with van der Waals surface area (Å²) >= 11 is 3.29. The summed E-state index contributed by atoms with van der Waals surface area (Å²) in [5.74, 6) is 0. The molecule has 0 aromatic rings. The third-order valence-electron chi connectivity index (χ3n) is 0.487. The van der Waals surface area contributed by atoms with Crippen LogP contribution >= 0.6 is 15.9 Å².